The molecular weight excluding hydrogens is 523 g/mol. The maximum atomic E-state index is 13.5. The van der Waals surface area contributed by atoms with Crippen LogP contribution in [-0.4, -0.2) is 44.9 Å². The van der Waals surface area contributed by atoms with Crippen LogP contribution in [0, 0.1) is 6.92 Å². The maximum Gasteiger partial charge on any atom is 0.416 e. The zero-order valence-corrected chi connectivity index (χ0v) is 21.2. The minimum absolute atomic E-state index is 0.0209. The van der Waals surface area contributed by atoms with Gasteiger partial charge in [0.1, 0.15) is 0 Å². The minimum atomic E-state index is -4.58. The summed E-state index contributed by atoms with van der Waals surface area (Å²) in [5.74, 6) is -0.591. The van der Waals surface area contributed by atoms with E-state index >= 15 is 0 Å². The number of hydrogen-bond donors (Lipinski definition) is 4. The number of benzene rings is 2. The van der Waals surface area contributed by atoms with Crippen LogP contribution in [0.25, 0.3) is 5.70 Å². The fourth-order valence-corrected chi connectivity index (χ4v) is 4.54. The first-order valence-electron chi connectivity index (χ1n) is 11.7. The van der Waals surface area contributed by atoms with Crippen molar-refractivity contribution >= 4 is 34.6 Å². The van der Waals surface area contributed by atoms with Crippen LogP contribution in [0.4, 0.5) is 24.5 Å². The van der Waals surface area contributed by atoms with Gasteiger partial charge in [-0.05, 0) is 48.9 Å². The summed E-state index contributed by atoms with van der Waals surface area (Å²) < 4.78 is 42.4. The van der Waals surface area contributed by atoms with Gasteiger partial charge in [0.05, 0.1) is 34.3 Å². The van der Waals surface area contributed by atoms with Crippen LogP contribution in [0.1, 0.15) is 32.7 Å². The molecule has 2 aliphatic heterocycles. The van der Waals surface area contributed by atoms with E-state index in [1.54, 1.807) is 28.2 Å². The molecule has 1 amide bonds. The number of amides is 1. The average molecular weight is 548 g/mol. The number of aliphatic hydroxyl groups excluding tert-OH is 1. The number of halogens is 4. The zero-order valence-electron chi connectivity index (χ0n) is 20.5. The molecule has 9 nitrogen and oxygen atoms in total. The monoisotopic (exact) mass is 547 g/mol. The third-order valence-corrected chi connectivity index (χ3v) is 6.80. The molecule has 0 bridgehead atoms. The largest absolute Gasteiger partial charge is 0.416 e. The summed E-state index contributed by atoms with van der Waals surface area (Å²) in [5, 5.41) is 18.3. The quantitative estimate of drug-likeness (QED) is 0.374. The number of rotatable bonds is 6. The Morgan fingerprint density at radius 2 is 2.00 bits per heavy atom. The van der Waals surface area contributed by atoms with Crippen LogP contribution >= 0.6 is 11.6 Å². The molecule has 1 saturated heterocycles. The second-order valence-electron chi connectivity index (χ2n) is 9.30. The SMILES string of the molecule is Cc1c(C2=CN(c3cc(C(=O)Nc4cc(CN5CC(O)C5)cc(C(F)(F)F)c4)ccc3Cl)NN2)cnn1C. The summed E-state index contributed by atoms with van der Waals surface area (Å²) >= 11 is 6.41. The Labute approximate surface area is 221 Å². The van der Waals surface area contributed by atoms with Crippen LogP contribution in [0.5, 0.6) is 0 Å². The number of carbonyl (C=O) groups excluding carboxylic acids is 1. The molecule has 2 aliphatic rings. The summed E-state index contributed by atoms with van der Waals surface area (Å²) in [4.78, 5) is 14.9. The second kappa shape index (κ2) is 9.95. The van der Waals surface area contributed by atoms with Crippen molar-refractivity contribution in [3.05, 3.63) is 81.8 Å². The number of aryl methyl sites for hydroxylation is 1. The first-order valence-corrected chi connectivity index (χ1v) is 12.1. The number of nitrogens with one attached hydrogen (secondary N) is 3. The first-order chi connectivity index (χ1) is 18.0. The van der Waals surface area contributed by atoms with Crippen LogP contribution in [-0.2, 0) is 19.8 Å². The lowest BCUT2D eigenvalue weighted by Gasteiger charge is -2.36. The molecule has 0 atom stereocenters. The number of anilines is 2. The normalized spacial score (nSPS) is 16.3. The maximum absolute atomic E-state index is 13.5. The molecule has 0 aliphatic carbocycles. The van der Waals surface area contributed by atoms with Crippen molar-refractivity contribution in [2.75, 3.05) is 23.4 Å². The lowest BCUT2D eigenvalue weighted by Crippen LogP contribution is -2.49. The fraction of sp³-hybridized carbons (Fsp3) is 0.280. The number of β-amino-alcohol motifs (C(OH)–C–C–N with tert-alkyl or cyclic N) is 1. The van der Waals surface area contributed by atoms with E-state index in [-0.39, 0.29) is 17.8 Å². The Kier molecular flexibility index (Phi) is 6.82. The average Bonchev–Trinajstić information content (AvgIpc) is 3.44. The van der Waals surface area contributed by atoms with Gasteiger partial charge in [-0.15, -0.1) is 5.53 Å². The van der Waals surface area contributed by atoms with E-state index in [1.165, 1.54) is 18.2 Å². The van der Waals surface area contributed by atoms with Gasteiger partial charge in [-0.2, -0.15) is 18.3 Å². The van der Waals surface area contributed by atoms with Gasteiger partial charge in [-0.1, -0.05) is 11.6 Å². The number of hydrazine groups is 2. The Hall–Kier alpha value is -3.58. The number of likely N-dealkylation sites (tertiary alicyclic amines) is 1. The smallest absolute Gasteiger partial charge is 0.390 e. The Morgan fingerprint density at radius 3 is 2.66 bits per heavy atom. The van der Waals surface area contributed by atoms with E-state index in [0.717, 1.165) is 29.1 Å². The Morgan fingerprint density at radius 1 is 1.24 bits per heavy atom. The lowest BCUT2D eigenvalue weighted by atomic mass is 10.1. The van der Waals surface area contributed by atoms with E-state index in [1.807, 2.05) is 18.9 Å². The van der Waals surface area contributed by atoms with E-state index in [9.17, 15) is 23.1 Å². The molecule has 0 unspecified atom stereocenters. The molecule has 38 heavy (non-hydrogen) atoms. The summed E-state index contributed by atoms with van der Waals surface area (Å²) in [6.07, 6.45) is -1.57. The highest BCUT2D eigenvalue weighted by Gasteiger charge is 2.32. The molecule has 200 valence electrons. The molecule has 1 fully saturated rings. The Balaban J connectivity index is 1.37. The van der Waals surface area contributed by atoms with E-state index in [4.69, 9.17) is 11.6 Å². The zero-order chi connectivity index (χ0) is 27.2. The van der Waals surface area contributed by atoms with Crippen molar-refractivity contribution in [3.63, 3.8) is 0 Å². The predicted molar refractivity (Wildman–Crippen MR) is 137 cm³/mol. The molecule has 0 spiro atoms. The van der Waals surface area contributed by atoms with Crippen molar-refractivity contribution in [1.82, 2.24) is 25.6 Å². The highest BCUT2D eigenvalue weighted by molar-refractivity contribution is 6.33. The van der Waals surface area contributed by atoms with Gasteiger partial charge in [-0.3, -0.25) is 19.4 Å². The van der Waals surface area contributed by atoms with Crippen LogP contribution in [0.3, 0.4) is 0 Å². The van der Waals surface area contributed by atoms with Crippen LogP contribution < -0.4 is 21.3 Å². The summed E-state index contributed by atoms with van der Waals surface area (Å²) in [6, 6.07) is 8.04. The number of alkyl halides is 3. The highest BCUT2D eigenvalue weighted by atomic mass is 35.5. The summed E-state index contributed by atoms with van der Waals surface area (Å²) in [7, 11) is 1.83. The lowest BCUT2D eigenvalue weighted by molar-refractivity contribution is -0.137. The highest BCUT2D eigenvalue weighted by Crippen LogP contribution is 2.34. The molecule has 3 heterocycles. The number of nitrogens with zero attached hydrogens (tertiary/aromatic N) is 4. The van der Waals surface area contributed by atoms with Crippen molar-refractivity contribution < 1.29 is 23.1 Å². The molecule has 13 heteroatoms. The molecule has 0 saturated carbocycles. The Bertz CT molecular complexity index is 1420. The third kappa shape index (κ3) is 5.34. The molecular formula is C25H25ClF3N7O2. The molecule has 4 N–H and O–H groups in total. The van der Waals surface area contributed by atoms with Gasteiger partial charge in [0.2, 0.25) is 0 Å². The van der Waals surface area contributed by atoms with E-state index < -0.39 is 23.8 Å². The standard InChI is InChI=1S/C25H25ClF3N7O2/c1-14-20(9-30-34(14)2)22-13-36(33-32-22)23-7-16(3-4-21(23)26)24(38)31-18-6-15(10-35-11-19(37)12-35)5-17(8-18)25(27,28)29/h3-9,13,19,32-33,37H,10-12H2,1-2H3,(H,31,38). The minimum Gasteiger partial charge on any atom is -0.390 e. The van der Waals surface area contributed by atoms with Crippen molar-refractivity contribution in [2.24, 2.45) is 7.05 Å². The van der Waals surface area contributed by atoms with Gasteiger partial charge in [0.25, 0.3) is 5.91 Å². The van der Waals surface area contributed by atoms with Crippen molar-refractivity contribution in [3.8, 4) is 0 Å². The number of carbonyl (C=O) groups is 1. The van der Waals surface area contributed by atoms with Gasteiger partial charge < -0.3 is 15.8 Å². The number of aliphatic hydroxyl groups is 1. The predicted octanol–water partition coefficient (Wildman–Crippen LogP) is 3.66. The van der Waals surface area contributed by atoms with Crippen LogP contribution in [0.15, 0.2) is 48.8 Å². The fourth-order valence-electron chi connectivity index (χ4n) is 4.33. The van der Waals surface area contributed by atoms with Gasteiger partial charge in [0, 0.05) is 55.4 Å². The van der Waals surface area contributed by atoms with E-state index in [2.05, 4.69) is 21.4 Å². The molecule has 3 aromatic rings. The van der Waals surface area contributed by atoms with Crippen LogP contribution in [0.2, 0.25) is 5.02 Å². The second-order valence-corrected chi connectivity index (χ2v) is 9.71. The third-order valence-electron chi connectivity index (χ3n) is 6.48. The number of aromatic nitrogens is 2. The van der Waals surface area contributed by atoms with Crippen molar-refractivity contribution in [2.45, 2.75) is 25.7 Å². The molecule has 1 aromatic heterocycles. The van der Waals surface area contributed by atoms with Gasteiger partial charge in [-0.25, -0.2) is 0 Å². The topological polar surface area (TPSA) is 97.7 Å². The van der Waals surface area contributed by atoms with E-state index in [0.29, 0.717) is 29.4 Å². The first kappa shape index (κ1) is 26.0. The van der Waals surface area contributed by atoms with Gasteiger partial charge in [0.15, 0.2) is 0 Å². The van der Waals surface area contributed by atoms with Gasteiger partial charge >= 0.3 is 6.18 Å². The summed E-state index contributed by atoms with van der Waals surface area (Å²) in [5.41, 5.74) is 8.78. The summed E-state index contributed by atoms with van der Waals surface area (Å²) in [6.45, 7) is 2.94. The number of hydrogen-bond acceptors (Lipinski definition) is 7. The molecule has 5 rings (SSSR count). The molecule has 0 radical (unpaired) electrons. The van der Waals surface area contributed by atoms with Crippen molar-refractivity contribution in [1.29, 1.82) is 0 Å². The molecule has 2 aromatic carbocycles.